The number of hydrogen-bond donors (Lipinski definition) is 0. The number of benzene rings is 6. The highest BCUT2D eigenvalue weighted by Crippen LogP contribution is 2.42. The topological polar surface area (TPSA) is 92.9 Å². The van der Waals surface area contributed by atoms with Crippen LogP contribution >= 0.6 is 0 Å². The van der Waals surface area contributed by atoms with Crippen LogP contribution in [0.3, 0.4) is 0 Å². The smallest absolute Gasteiger partial charge is 0.463 e. The Morgan fingerprint density at radius 3 is 1.36 bits per heavy atom. The first-order chi connectivity index (χ1) is 36.3. The monoisotopic (exact) mass is 1030 g/mol. The van der Waals surface area contributed by atoms with E-state index in [2.05, 4.69) is 178 Å². The van der Waals surface area contributed by atoms with Crippen LogP contribution in [0, 0.1) is 13.8 Å². The minimum absolute atomic E-state index is 0.120. The fourth-order valence-electron chi connectivity index (χ4n) is 10.4. The van der Waals surface area contributed by atoms with Crippen LogP contribution in [0.2, 0.25) is 0 Å². The van der Waals surface area contributed by atoms with Crippen molar-refractivity contribution in [2.24, 2.45) is 0 Å². The molecule has 6 heterocycles. The van der Waals surface area contributed by atoms with Gasteiger partial charge in [-0.15, -0.1) is 0 Å². The van der Waals surface area contributed by atoms with Crippen molar-refractivity contribution in [3.8, 4) is 22.9 Å². The lowest BCUT2D eigenvalue weighted by Crippen LogP contribution is -2.41. The summed E-state index contributed by atoms with van der Waals surface area (Å²) in [6.07, 6.45) is 5.90. The molecule has 0 radical (unpaired) electrons. The summed E-state index contributed by atoms with van der Waals surface area (Å²) in [6.45, 7) is 26.0. The number of hydrogen-bond acceptors (Lipinski definition) is 9. The molecule has 6 aromatic carbocycles. The maximum Gasteiger partial charge on any atom is 0.640 e. The van der Waals surface area contributed by atoms with Gasteiger partial charge in [-0.25, -0.2) is 0 Å². The molecular formula is C63H76B2N2O9. The molecule has 0 amide bonds. The highest BCUT2D eigenvalue weighted by atomic mass is 16.8. The summed E-state index contributed by atoms with van der Waals surface area (Å²) in [5.74, 6) is 1.64. The first-order valence-electron chi connectivity index (χ1n) is 27.5. The summed E-state index contributed by atoms with van der Waals surface area (Å²) in [7, 11) is -1.06. The Hall–Kier alpha value is -5.63. The zero-order valence-electron chi connectivity index (χ0n) is 46.7. The van der Waals surface area contributed by atoms with Gasteiger partial charge in [0.25, 0.3) is 0 Å². The van der Waals surface area contributed by atoms with Gasteiger partial charge in [0, 0.05) is 46.0 Å². The van der Waals surface area contributed by atoms with E-state index in [0.717, 1.165) is 90.1 Å². The molecule has 4 aliphatic rings. The predicted molar refractivity (Wildman–Crippen MR) is 307 cm³/mol. The molecule has 12 rings (SSSR count). The van der Waals surface area contributed by atoms with E-state index in [4.69, 9.17) is 42.2 Å². The Kier molecular flexibility index (Phi) is 15.3. The number of rotatable bonds is 9. The molecule has 4 aliphatic heterocycles. The Bertz CT molecular complexity index is 3190. The van der Waals surface area contributed by atoms with Crippen LogP contribution in [0.1, 0.15) is 119 Å². The van der Waals surface area contributed by atoms with Gasteiger partial charge in [0.05, 0.1) is 69.1 Å². The minimum Gasteiger partial charge on any atom is -0.463 e. The number of aryl methyl sites for hydroxylation is 2. The molecule has 398 valence electrons. The van der Waals surface area contributed by atoms with Crippen molar-refractivity contribution >= 4 is 63.5 Å². The summed E-state index contributed by atoms with van der Waals surface area (Å²) < 4.78 is 59.3. The van der Waals surface area contributed by atoms with E-state index in [-0.39, 0.29) is 29.9 Å². The van der Waals surface area contributed by atoms with E-state index in [1.165, 1.54) is 38.1 Å². The van der Waals surface area contributed by atoms with Crippen molar-refractivity contribution in [3.05, 3.63) is 139 Å². The van der Waals surface area contributed by atoms with Gasteiger partial charge in [-0.1, -0.05) is 84.9 Å². The van der Waals surface area contributed by atoms with E-state index in [1.54, 1.807) is 0 Å². The average Bonchev–Trinajstić information content (AvgIpc) is 4.06. The lowest BCUT2D eigenvalue weighted by atomic mass is 9.77. The SMILES string of the molecule is CC(C)OB1OC(C)(C)C(C)(C)O1.Cc1cc(B2OC(C)(C)C(C)(C)O2)c(OC2CCCCO2)c(-n2c3ccccc3c3ccccc32)c1.Cc1ccc(OC2CCCCO2)c(-n2c3ccccc3c3ccccc32)c1. The molecule has 2 unspecified atom stereocenters. The van der Waals surface area contributed by atoms with Gasteiger partial charge >= 0.3 is 14.4 Å². The quantitative estimate of drug-likeness (QED) is 0.131. The molecule has 4 fully saturated rings. The van der Waals surface area contributed by atoms with E-state index >= 15 is 0 Å². The Balaban J connectivity index is 0.000000144. The fourth-order valence-corrected chi connectivity index (χ4v) is 10.4. The number of fused-ring (bicyclic) bond motifs is 6. The molecule has 0 bridgehead atoms. The van der Waals surface area contributed by atoms with Gasteiger partial charge in [-0.3, -0.25) is 0 Å². The maximum absolute atomic E-state index is 6.74. The molecule has 11 nitrogen and oxygen atoms in total. The van der Waals surface area contributed by atoms with Crippen molar-refractivity contribution in [2.75, 3.05) is 13.2 Å². The highest BCUT2D eigenvalue weighted by Gasteiger charge is 2.54. The average molecular weight is 1030 g/mol. The van der Waals surface area contributed by atoms with Crippen molar-refractivity contribution in [1.82, 2.24) is 9.13 Å². The Labute approximate surface area is 450 Å². The fraction of sp³-hybridized carbons (Fsp3) is 0.429. The second-order valence-corrected chi connectivity index (χ2v) is 23.1. The van der Waals surface area contributed by atoms with E-state index in [1.807, 2.05) is 41.5 Å². The first-order valence-corrected chi connectivity index (χ1v) is 27.5. The van der Waals surface area contributed by atoms with Crippen LogP contribution in [0.25, 0.3) is 55.0 Å². The normalized spacial score (nSPS) is 20.7. The maximum atomic E-state index is 6.74. The van der Waals surface area contributed by atoms with Crippen LogP contribution in [0.4, 0.5) is 0 Å². The summed E-state index contributed by atoms with van der Waals surface area (Å²) in [4.78, 5) is 0. The molecule has 8 aromatic rings. The Morgan fingerprint density at radius 1 is 0.487 bits per heavy atom. The molecule has 13 heteroatoms. The predicted octanol–water partition coefficient (Wildman–Crippen LogP) is 14.3. The summed E-state index contributed by atoms with van der Waals surface area (Å²) >= 11 is 0. The molecule has 4 saturated heterocycles. The second kappa shape index (κ2) is 21.7. The third kappa shape index (κ3) is 10.8. The van der Waals surface area contributed by atoms with Crippen LogP contribution in [0.5, 0.6) is 11.5 Å². The third-order valence-electron chi connectivity index (χ3n) is 15.9. The van der Waals surface area contributed by atoms with Gasteiger partial charge in [0.2, 0.25) is 0 Å². The van der Waals surface area contributed by atoms with Gasteiger partial charge in [-0.2, -0.15) is 0 Å². The highest BCUT2D eigenvalue weighted by molar-refractivity contribution is 6.63. The first kappa shape index (κ1) is 53.8. The number of nitrogens with zero attached hydrogens (tertiary/aromatic N) is 2. The van der Waals surface area contributed by atoms with Crippen molar-refractivity contribution in [2.45, 2.75) is 163 Å². The van der Waals surface area contributed by atoms with Crippen LogP contribution in [-0.2, 0) is 32.7 Å². The van der Waals surface area contributed by atoms with Gasteiger partial charge in [0.15, 0.2) is 12.6 Å². The Morgan fingerprint density at radius 2 is 0.908 bits per heavy atom. The van der Waals surface area contributed by atoms with Crippen molar-refractivity contribution in [1.29, 1.82) is 0 Å². The molecule has 0 aliphatic carbocycles. The second-order valence-electron chi connectivity index (χ2n) is 23.1. The zero-order chi connectivity index (χ0) is 53.6. The number of para-hydroxylation sites is 4. The van der Waals surface area contributed by atoms with Gasteiger partial charge in [0.1, 0.15) is 11.5 Å². The van der Waals surface area contributed by atoms with Crippen LogP contribution in [0.15, 0.2) is 127 Å². The summed E-state index contributed by atoms with van der Waals surface area (Å²) in [5.41, 5.74) is 8.44. The number of ether oxygens (including phenoxy) is 4. The van der Waals surface area contributed by atoms with Gasteiger partial charge < -0.3 is 51.4 Å². The molecule has 0 saturated carbocycles. The lowest BCUT2D eigenvalue weighted by Gasteiger charge is -2.32. The van der Waals surface area contributed by atoms with E-state index in [0.29, 0.717) is 6.61 Å². The third-order valence-corrected chi connectivity index (χ3v) is 15.9. The van der Waals surface area contributed by atoms with Crippen molar-refractivity contribution in [3.63, 3.8) is 0 Å². The van der Waals surface area contributed by atoms with E-state index < -0.39 is 25.6 Å². The molecule has 2 atom stereocenters. The molecule has 2 aromatic heterocycles. The molecular weight excluding hydrogens is 950 g/mol. The van der Waals surface area contributed by atoms with E-state index in [9.17, 15) is 0 Å². The summed E-state index contributed by atoms with van der Waals surface area (Å²) in [5, 5.41) is 4.95. The van der Waals surface area contributed by atoms with Crippen LogP contribution in [-0.4, -0.2) is 77.9 Å². The molecule has 0 spiro atoms. The molecule has 0 N–H and O–H groups in total. The zero-order valence-corrected chi connectivity index (χ0v) is 46.7. The van der Waals surface area contributed by atoms with Crippen LogP contribution < -0.4 is 14.9 Å². The lowest BCUT2D eigenvalue weighted by molar-refractivity contribution is -0.106. The largest absolute Gasteiger partial charge is 0.640 e. The van der Waals surface area contributed by atoms with Gasteiger partial charge in [-0.05, 0) is 162 Å². The molecule has 76 heavy (non-hydrogen) atoms. The summed E-state index contributed by atoms with van der Waals surface area (Å²) in [6, 6.07) is 44.9. The minimum atomic E-state index is -0.541. The van der Waals surface area contributed by atoms with Crippen molar-refractivity contribution < 1.29 is 42.2 Å². The number of aromatic nitrogens is 2. The standard InChI is InChI=1S/C30H34BNO4.C24H23NO2.C9H19BO3/c1-20-18-23(31-35-29(2,3)30(4,5)36-31)28(34-27-16-10-11-17-33-27)26(19-20)32-24-14-8-6-12-21(24)22-13-7-9-15-25(22)32;1-17-13-14-23(27-24-12-6-7-15-26-24)22(16-17)25-20-10-4-2-8-18(20)19-9-3-5-11-21(19)25;1-7(2)11-10-12-8(3,4)9(5,6)13-10/h6-9,12-15,18-19,27H,10-11,16-17H2,1-5H3;2-5,8-11,13-14,16,24H,6-7,12,15H2,1H3;7H,1-6H3.